The SMILES string of the molecule is CCOC(=O)c1cc([C@@H](C)CCC=C(C)C)sc1NC(=O)c1ccc(Cl)c(Cl)c1. The number of halogens is 2. The van der Waals surface area contributed by atoms with E-state index in [0.717, 1.165) is 17.7 Å². The van der Waals surface area contributed by atoms with Crippen LogP contribution in [0.2, 0.25) is 10.0 Å². The minimum atomic E-state index is -0.448. The zero-order chi connectivity index (χ0) is 21.6. The first kappa shape index (κ1) is 23.5. The largest absolute Gasteiger partial charge is 0.462 e. The number of carbonyl (C=O) groups is 2. The number of benzene rings is 1. The van der Waals surface area contributed by atoms with E-state index >= 15 is 0 Å². The Morgan fingerprint density at radius 2 is 1.93 bits per heavy atom. The molecule has 1 amide bonds. The molecule has 7 heteroatoms. The summed E-state index contributed by atoms with van der Waals surface area (Å²) in [5.74, 6) is -0.560. The Morgan fingerprint density at radius 1 is 1.21 bits per heavy atom. The highest BCUT2D eigenvalue weighted by atomic mass is 35.5. The van der Waals surface area contributed by atoms with Crippen molar-refractivity contribution in [1.82, 2.24) is 0 Å². The van der Waals surface area contributed by atoms with Crippen molar-refractivity contribution in [2.75, 3.05) is 11.9 Å². The van der Waals surface area contributed by atoms with Crippen LogP contribution in [0.15, 0.2) is 35.9 Å². The topological polar surface area (TPSA) is 55.4 Å². The molecular formula is C22H25Cl2NO3S. The molecule has 0 spiro atoms. The van der Waals surface area contributed by atoms with Crippen molar-refractivity contribution < 1.29 is 14.3 Å². The molecule has 0 bridgehead atoms. The number of hydrogen-bond acceptors (Lipinski definition) is 4. The summed E-state index contributed by atoms with van der Waals surface area (Å²) in [7, 11) is 0. The molecular weight excluding hydrogens is 429 g/mol. The third-order valence-corrected chi connectivity index (χ3v) is 6.31. The van der Waals surface area contributed by atoms with E-state index in [1.165, 1.54) is 23.0 Å². The van der Waals surface area contributed by atoms with Crippen molar-refractivity contribution in [3.8, 4) is 0 Å². The highest BCUT2D eigenvalue weighted by Gasteiger charge is 2.22. The van der Waals surface area contributed by atoms with Crippen LogP contribution in [0.25, 0.3) is 0 Å². The lowest BCUT2D eigenvalue weighted by Crippen LogP contribution is -2.14. The Hall–Kier alpha value is -1.82. The van der Waals surface area contributed by atoms with Crippen LogP contribution in [0, 0.1) is 0 Å². The molecule has 29 heavy (non-hydrogen) atoms. The monoisotopic (exact) mass is 453 g/mol. The molecule has 2 aromatic rings. The van der Waals surface area contributed by atoms with Gasteiger partial charge in [0.2, 0.25) is 0 Å². The van der Waals surface area contributed by atoms with Gasteiger partial charge in [0.25, 0.3) is 5.91 Å². The van der Waals surface area contributed by atoms with Gasteiger partial charge in [0, 0.05) is 10.4 Å². The second-order valence-electron chi connectivity index (χ2n) is 6.95. The molecule has 4 nitrogen and oxygen atoms in total. The number of rotatable bonds is 8. The Balaban J connectivity index is 2.27. The van der Waals surface area contributed by atoms with Crippen LogP contribution in [0.1, 0.15) is 72.0 Å². The van der Waals surface area contributed by atoms with Gasteiger partial charge in [-0.05, 0) is 63.8 Å². The van der Waals surface area contributed by atoms with E-state index in [1.807, 2.05) is 6.07 Å². The summed E-state index contributed by atoms with van der Waals surface area (Å²) in [6.45, 7) is 8.28. The third kappa shape index (κ3) is 6.59. The van der Waals surface area contributed by atoms with Gasteiger partial charge in [0.15, 0.2) is 0 Å². The Morgan fingerprint density at radius 3 is 2.55 bits per heavy atom. The molecule has 1 aromatic heterocycles. The lowest BCUT2D eigenvalue weighted by molar-refractivity contribution is 0.0528. The minimum Gasteiger partial charge on any atom is -0.462 e. The second-order valence-corrected chi connectivity index (χ2v) is 8.85. The van der Waals surface area contributed by atoms with Crippen LogP contribution in [0.4, 0.5) is 5.00 Å². The molecule has 0 aliphatic heterocycles. The number of esters is 1. The zero-order valence-corrected chi connectivity index (χ0v) is 19.3. The summed E-state index contributed by atoms with van der Waals surface area (Å²) < 4.78 is 5.16. The molecule has 0 aliphatic rings. The maximum absolute atomic E-state index is 12.7. The van der Waals surface area contributed by atoms with Crippen LogP contribution in [0.3, 0.4) is 0 Å². The van der Waals surface area contributed by atoms with Crippen molar-refractivity contribution in [3.05, 3.63) is 62.0 Å². The lowest BCUT2D eigenvalue weighted by Gasteiger charge is -2.07. The van der Waals surface area contributed by atoms with E-state index in [1.54, 1.807) is 19.1 Å². The normalized spacial score (nSPS) is 11.7. The third-order valence-electron chi connectivity index (χ3n) is 4.29. The summed E-state index contributed by atoms with van der Waals surface area (Å²) in [5, 5.41) is 3.97. The maximum atomic E-state index is 12.7. The van der Waals surface area contributed by atoms with Crippen LogP contribution in [-0.2, 0) is 4.74 Å². The van der Waals surface area contributed by atoms with Gasteiger partial charge in [-0.1, -0.05) is 41.8 Å². The van der Waals surface area contributed by atoms with Crippen molar-refractivity contribution in [3.63, 3.8) is 0 Å². The Kier molecular flexibility index (Phi) is 8.75. The van der Waals surface area contributed by atoms with Crippen LogP contribution >= 0.6 is 34.5 Å². The molecule has 0 unspecified atom stereocenters. The van der Waals surface area contributed by atoms with E-state index in [0.29, 0.717) is 26.2 Å². The lowest BCUT2D eigenvalue weighted by atomic mass is 10.0. The van der Waals surface area contributed by atoms with E-state index in [2.05, 4.69) is 32.2 Å². The second kappa shape index (κ2) is 10.8. The first-order chi connectivity index (χ1) is 13.7. The Bertz CT molecular complexity index is 917. The highest BCUT2D eigenvalue weighted by molar-refractivity contribution is 7.16. The Labute approximate surface area is 185 Å². The molecule has 1 N–H and O–H groups in total. The fourth-order valence-corrected chi connectivity index (χ4v) is 4.11. The van der Waals surface area contributed by atoms with Gasteiger partial charge in [-0.3, -0.25) is 4.79 Å². The average molecular weight is 454 g/mol. The first-order valence-corrected chi connectivity index (χ1v) is 11.0. The molecule has 2 rings (SSSR count). The molecule has 0 saturated carbocycles. The van der Waals surface area contributed by atoms with Crippen molar-refractivity contribution in [2.45, 2.75) is 46.5 Å². The molecule has 0 radical (unpaired) electrons. The molecule has 1 heterocycles. The van der Waals surface area contributed by atoms with Crippen LogP contribution in [0.5, 0.6) is 0 Å². The van der Waals surface area contributed by atoms with E-state index < -0.39 is 5.97 Å². The van der Waals surface area contributed by atoms with Crippen LogP contribution in [-0.4, -0.2) is 18.5 Å². The van der Waals surface area contributed by atoms with Gasteiger partial charge < -0.3 is 10.1 Å². The molecule has 1 atom stereocenters. The molecule has 0 aliphatic carbocycles. The number of amides is 1. The quantitative estimate of drug-likeness (QED) is 0.336. The summed E-state index contributed by atoms with van der Waals surface area (Å²) in [5.41, 5.74) is 2.01. The number of ether oxygens (including phenoxy) is 1. The van der Waals surface area contributed by atoms with E-state index in [9.17, 15) is 9.59 Å². The van der Waals surface area contributed by atoms with Gasteiger partial charge in [0.1, 0.15) is 5.00 Å². The summed E-state index contributed by atoms with van der Waals surface area (Å²) in [6, 6.07) is 6.47. The highest BCUT2D eigenvalue weighted by Crippen LogP contribution is 2.36. The van der Waals surface area contributed by atoms with E-state index in [-0.39, 0.29) is 18.4 Å². The number of allylic oxidation sites excluding steroid dienone is 2. The van der Waals surface area contributed by atoms with Gasteiger partial charge >= 0.3 is 5.97 Å². The molecule has 1 aromatic carbocycles. The predicted octanol–water partition coefficient (Wildman–Crippen LogP) is 7.33. The van der Waals surface area contributed by atoms with Crippen molar-refractivity contribution >= 4 is 51.4 Å². The van der Waals surface area contributed by atoms with Gasteiger partial charge in [0.05, 0.1) is 22.2 Å². The van der Waals surface area contributed by atoms with Crippen molar-refractivity contribution in [2.24, 2.45) is 0 Å². The first-order valence-electron chi connectivity index (χ1n) is 9.43. The van der Waals surface area contributed by atoms with Gasteiger partial charge in [-0.15, -0.1) is 11.3 Å². The molecule has 156 valence electrons. The summed E-state index contributed by atoms with van der Waals surface area (Å²) >= 11 is 13.3. The number of nitrogens with one attached hydrogen (secondary N) is 1. The number of anilines is 1. The minimum absolute atomic E-state index is 0.249. The van der Waals surface area contributed by atoms with Crippen LogP contribution < -0.4 is 5.32 Å². The van der Waals surface area contributed by atoms with Crippen molar-refractivity contribution in [1.29, 1.82) is 0 Å². The molecule has 0 saturated heterocycles. The zero-order valence-electron chi connectivity index (χ0n) is 17.0. The number of hydrogen-bond donors (Lipinski definition) is 1. The fraction of sp³-hybridized carbons (Fsp3) is 0.364. The molecule has 0 fully saturated rings. The van der Waals surface area contributed by atoms with Gasteiger partial charge in [-0.25, -0.2) is 4.79 Å². The average Bonchev–Trinajstić information content (AvgIpc) is 3.07. The van der Waals surface area contributed by atoms with Gasteiger partial charge in [-0.2, -0.15) is 0 Å². The number of carbonyl (C=O) groups excluding carboxylic acids is 2. The predicted molar refractivity (Wildman–Crippen MR) is 122 cm³/mol. The fourth-order valence-electron chi connectivity index (χ4n) is 2.68. The standard InChI is InChI=1S/C22H25Cl2NO3S/c1-5-28-22(27)16-12-19(14(4)8-6-7-13(2)3)29-21(16)25-20(26)15-9-10-17(23)18(24)11-15/h7,9-12,14H,5-6,8H2,1-4H3,(H,25,26)/t14-/m0/s1. The maximum Gasteiger partial charge on any atom is 0.341 e. The van der Waals surface area contributed by atoms with E-state index in [4.69, 9.17) is 27.9 Å². The summed E-state index contributed by atoms with van der Waals surface area (Å²) in [4.78, 5) is 26.1. The number of thiophene rings is 1. The summed E-state index contributed by atoms with van der Waals surface area (Å²) in [6.07, 6.45) is 4.11. The smallest absolute Gasteiger partial charge is 0.341 e.